The van der Waals surface area contributed by atoms with Crippen LogP contribution in [-0.2, 0) is 10.2 Å². The molecule has 1 amide bonds. The van der Waals surface area contributed by atoms with Crippen molar-refractivity contribution in [1.29, 1.82) is 0 Å². The van der Waals surface area contributed by atoms with Gasteiger partial charge in [0.25, 0.3) is 5.91 Å². The van der Waals surface area contributed by atoms with Crippen LogP contribution in [0.4, 0.5) is 0 Å². The highest BCUT2D eigenvalue weighted by atomic mass is 16.6. The Balaban J connectivity index is 1.52. The molecule has 29 heavy (non-hydrogen) atoms. The SMILES string of the molecule is CCOc1ccc(C2(CNC(=O)c3cccc4c3OCCO4)CCOCC2)cc1. The van der Waals surface area contributed by atoms with Gasteiger partial charge in [0.2, 0.25) is 0 Å². The molecule has 1 N–H and O–H groups in total. The van der Waals surface area contributed by atoms with E-state index < -0.39 is 0 Å². The molecule has 0 bridgehead atoms. The van der Waals surface area contributed by atoms with Gasteiger partial charge in [0.05, 0.1) is 12.2 Å². The van der Waals surface area contributed by atoms with Crippen LogP contribution in [0.15, 0.2) is 42.5 Å². The van der Waals surface area contributed by atoms with Crippen LogP contribution >= 0.6 is 0 Å². The first kappa shape index (κ1) is 19.6. The van der Waals surface area contributed by atoms with Crippen LogP contribution in [0.25, 0.3) is 0 Å². The number of ether oxygens (including phenoxy) is 4. The standard InChI is InChI=1S/C23H27NO5/c1-2-27-18-8-6-17(7-9-18)23(10-12-26-13-11-23)16-24-22(25)19-4-3-5-20-21(19)29-15-14-28-20/h3-9H,2,10-16H2,1H3,(H,24,25). The summed E-state index contributed by atoms with van der Waals surface area (Å²) in [6.45, 7) is 5.46. The molecule has 0 saturated carbocycles. The monoisotopic (exact) mass is 397 g/mol. The normalized spacial score (nSPS) is 17.4. The smallest absolute Gasteiger partial charge is 0.255 e. The molecule has 2 aliphatic heterocycles. The molecule has 6 heteroatoms. The third-order valence-electron chi connectivity index (χ3n) is 5.63. The summed E-state index contributed by atoms with van der Waals surface area (Å²) in [7, 11) is 0. The maximum Gasteiger partial charge on any atom is 0.255 e. The molecule has 1 saturated heterocycles. The summed E-state index contributed by atoms with van der Waals surface area (Å²) in [6.07, 6.45) is 1.71. The second kappa shape index (κ2) is 8.74. The average molecular weight is 397 g/mol. The molecule has 0 aromatic heterocycles. The number of benzene rings is 2. The van der Waals surface area contributed by atoms with E-state index in [0.29, 0.717) is 56.6 Å². The molecule has 4 rings (SSSR count). The Morgan fingerprint density at radius 2 is 1.79 bits per heavy atom. The zero-order valence-corrected chi connectivity index (χ0v) is 16.7. The van der Waals surface area contributed by atoms with Crippen LogP contribution in [0, 0.1) is 0 Å². The number of para-hydroxylation sites is 1. The van der Waals surface area contributed by atoms with Gasteiger partial charge >= 0.3 is 0 Å². The maximum atomic E-state index is 13.0. The van der Waals surface area contributed by atoms with Crippen LogP contribution in [0.1, 0.15) is 35.7 Å². The second-order valence-electron chi connectivity index (χ2n) is 7.36. The molecule has 2 aromatic rings. The lowest BCUT2D eigenvalue weighted by Crippen LogP contribution is -2.44. The van der Waals surface area contributed by atoms with Crippen molar-refractivity contribution in [1.82, 2.24) is 5.32 Å². The number of rotatable bonds is 6. The van der Waals surface area contributed by atoms with Gasteiger partial charge in [-0.25, -0.2) is 0 Å². The van der Waals surface area contributed by atoms with E-state index in [1.165, 1.54) is 5.56 Å². The second-order valence-corrected chi connectivity index (χ2v) is 7.36. The summed E-state index contributed by atoms with van der Waals surface area (Å²) >= 11 is 0. The molecule has 2 heterocycles. The zero-order valence-electron chi connectivity index (χ0n) is 16.7. The van der Waals surface area contributed by atoms with Crippen molar-refractivity contribution in [2.24, 2.45) is 0 Å². The number of carbonyl (C=O) groups is 1. The molecular formula is C23H27NO5. The molecule has 2 aliphatic rings. The lowest BCUT2D eigenvalue weighted by atomic mass is 9.74. The van der Waals surface area contributed by atoms with Crippen molar-refractivity contribution >= 4 is 5.91 Å². The van der Waals surface area contributed by atoms with E-state index in [-0.39, 0.29) is 11.3 Å². The molecule has 0 radical (unpaired) electrons. The highest BCUT2D eigenvalue weighted by Crippen LogP contribution is 2.36. The lowest BCUT2D eigenvalue weighted by Gasteiger charge is -2.38. The van der Waals surface area contributed by atoms with Gasteiger partial charge < -0.3 is 24.3 Å². The first-order valence-corrected chi connectivity index (χ1v) is 10.2. The van der Waals surface area contributed by atoms with Gasteiger partial charge in [-0.15, -0.1) is 0 Å². The molecule has 1 fully saturated rings. The Bertz CT molecular complexity index is 843. The van der Waals surface area contributed by atoms with Gasteiger partial charge in [0, 0.05) is 25.2 Å². The highest BCUT2D eigenvalue weighted by Gasteiger charge is 2.35. The Morgan fingerprint density at radius 3 is 2.55 bits per heavy atom. The van der Waals surface area contributed by atoms with E-state index in [4.69, 9.17) is 18.9 Å². The first-order chi connectivity index (χ1) is 14.2. The topological polar surface area (TPSA) is 66.0 Å². The molecule has 0 atom stereocenters. The quantitative estimate of drug-likeness (QED) is 0.810. The first-order valence-electron chi connectivity index (χ1n) is 10.2. The summed E-state index contributed by atoms with van der Waals surface area (Å²) in [6, 6.07) is 13.6. The fourth-order valence-electron chi connectivity index (χ4n) is 4.00. The number of hydrogen-bond acceptors (Lipinski definition) is 5. The van der Waals surface area contributed by atoms with Gasteiger partial charge in [0.15, 0.2) is 11.5 Å². The number of nitrogens with one attached hydrogen (secondary N) is 1. The highest BCUT2D eigenvalue weighted by molar-refractivity contribution is 5.97. The average Bonchev–Trinajstić information content (AvgIpc) is 2.78. The number of fused-ring (bicyclic) bond motifs is 1. The van der Waals surface area contributed by atoms with Gasteiger partial charge in [-0.2, -0.15) is 0 Å². The van der Waals surface area contributed by atoms with Crippen molar-refractivity contribution in [2.75, 3.05) is 39.6 Å². The van der Waals surface area contributed by atoms with Crippen LogP contribution in [0.2, 0.25) is 0 Å². The molecule has 2 aromatic carbocycles. The summed E-state index contributed by atoms with van der Waals surface area (Å²) in [4.78, 5) is 13.0. The number of amides is 1. The van der Waals surface area contributed by atoms with Crippen LogP contribution in [0.5, 0.6) is 17.2 Å². The van der Waals surface area contributed by atoms with Crippen molar-refractivity contribution in [3.63, 3.8) is 0 Å². The van der Waals surface area contributed by atoms with Crippen molar-refractivity contribution in [3.05, 3.63) is 53.6 Å². The minimum absolute atomic E-state index is 0.149. The Hall–Kier alpha value is -2.73. The maximum absolute atomic E-state index is 13.0. The van der Waals surface area contributed by atoms with E-state index in [0.717, 1.165) is 18.6 Å². The molecule has 154 valence electrons. The number of carbonyl (C=O) groups excluding carboxylic acids is 1. The molecular weight excluding hydrogens is 370 g/mol. The predicted octanol–water partition coefficient (Wildman–Crippen LogP) is 3.33. The minimum Gasteiger partial charge on any atom is -0.494 e. The van der Waals surface area contributed by atoms with Crippen molar-refractivity contribution < 1.29 is 23.7 Å². The third-order valence-corrected chi connectivity index (χ3v) is 5.63. The lowest BCUT2D eigenvalue weighted by molar-refractivity contribution is 0.0486. The van der Waals surface area contributed by atoms with Gasteiger partial charge in [-0.3, -0.25) is 4.79 Å². The predicted molar refractivity (Wildman–Crippen MR) is 109 cm³/mol. The van der Waals surface area contributed by atoms with Crippen molar-refractivity contribution in [2.45, 2.75) is 25.2 Å². The van der Waals surface area contributed by atoms with Crippen LogP contribution < -0.4 is 19.5 Å². The fraction of sp³-hybridized carbons (Fsp3) is 0.435. The van der Waals surface area contributed by atoms with Gasteiger partial charge in [-0.1, -0.05) is 18.2 Å². The van der Waals surface area contributed by atoms with E-state index in [9.17, 15) is 4.79 Å². The van der Waals surface area contributed by atoms with Gasteiger partial charge in [0.1, 0.15) is 19.0 Å². The van der Waals surface area contributed by atoms with Crippen LogP contribution in [-0.4, -0.2) is 45.5 Å². The molecule has 0 unspecified atom stereocenters. The number of hydrogen-bond donors (Lipinski definition) is 1. The van der Waals surface area contributed by atoms with Gasteiger partial charge in [-0.05, 0) is 49.6 Å². The molecule has 0 aliphatic carbocycles. The Kier molecular flexibility index (Phi) is 5.90. The van der Waals surface area contributed by atoms with Crippen molar-refractivity contribution in [3.8, 4) is 17.2 Å². The summed E-state index contributed by atoms with van der Waals surface area (Å²) in [5, 5.41) is 3.14. The van der Waals surface area contributed by atoms with E-state index >= 15 is 0 Å². The molecule has 6 nitrogen and oxygen atoms in total. The Morgan fingerprint density at radius 1 is 1.03 bits per heavy atom. The summed E-state index contributed by atoms with van der Waals surface area (Å²) in [5.74, 6) is 1.86. The summed E-state index contributed by atoms with van der Waals surface area (Å²) in [5.41, 5.74) is 1.54. The summed E-state index contributed by atoms with van der Waals surface area (Å²) < 4.78 is 22.5. The van der Waals surface area contributed by atoms with Crippen LogP contribution in [0.3, 0.4) is 0 Å². The zero-order chi connectivity index (χ0) is 20.1. The van der Waals surface area contributed by atoms with E-state index in [1.54, 1.807) is 6.07 Å². The minimum atomic E-state index is -0.162. The fourth-order valence-corrected chi connectivity index (χ4v) is 4.00. The Labute approximate surface area is 171 Å². The largest absolute Gasteiger partial charge is 0.494 e. The molecule has 0 spiro atoms. The van der Waals surface area contributed by atoms with E-state index in [2.05, 4.69) is 17.4 Å². The third kappa shape index (κ3) is 4.17. The van der Waals surface area contributed by atoms with E-state index in [1.807, 2.05) is 31.2 Å².